The molecular weight excluding hydrogens is 436 g/mol. The highest BCUT2D eigenvalue weighted by atomic mass is 16.5. The molecule has 0 bridgehead atoms. The quantitative estimate of drug-likeness (QED) is 0.387. The van der Waals surface area contributed by atoms with Gasteiger partial charge in [-0.25, -0.2) is 9.50 Å². The highest BCUT2D eigenvalue weighted by molar-refractivity contribution is 5.78. The molecule has 3 heterocycles. The molecule has 35 heavy (non-hydrogen) atoms. The summed E-state index contributed by atoms with van der Waals surface area (Å²) in [6.07, 6.45) is 11.5. The lowest BCUT2D eigenvalue weighted by atomic mass is 10.0. The lowest BCUT2D eigenvalue weighted by Gasteiger charge is -2.30. The minimum absolute atomic E-state index is 0.00983. The Kier molecular flexibility index (Phi) is 5.78. The van der Waals surface area contributed by atoms with Crippen LogP contribution in [0.5, 0.6) is 5.75 Å². The average molecular weight is 469 g/mol. The molecule has 1 aliphatic heterocycles. The molecule has 0 spiro atoms. The van der Waals surface area contributed by atoms with Crippen LogP contribution in [0.2, 0.25) is 0 Å². The molecule has 0 unspecified atom stereocenters. The number of ether oxygens (including phenoxy) is 1. The van der Waals surface area contributed by atoms with E-state index in [-0.39, 0.29) is 5.60 Å². The molecule has 180 valence electrons. The van der Waals surface area contributed by atoms with Crippen molar-refractivity contribution in [1.82, 2.24) is 19.5 Å². The third-order valence-corrected chi connectivity index (χ3v) is 7.33. The first-order chi connectivity index (χ1) is 17.1. The third kappa shape index (κ3) is 4.68. The summed E-state index contributed by atoms with van der Waals surface area (Å²) in [5.74, 6) is 0.941. The van der Waals surface area contributed by atoms with E-state index in [9.17, 15) is 5.11 Å². The van der Waals surface area contributed by atoms with E-state index in [1.165, 1.54) is 32.4 Å². The molecule has 1 saturated carbocycles. The number of benzene rings is 2. The van der Waals surface area contributed by atoms with E-state index in [1.54, 1.807) is 6.92 Å². The lowest BCUT2D eigenvalue weighted by molar-refractivity contribution is 0.101. The van der Waals surface area contributed by atoms with Crippen molar-refractivity contribution in [2.45, 2.75) is 50.7 Å². The van der Waals surface area contributed by atoms with Crippen LogP contribution in [0.15, 0.2) is 67.1 Å². The van der Waals surface area contributed by atoms with Crippen LogP contribution in [0, 0.1) is 0 Å². The summed E-state index contributed by atoms with van der Waals surface area (Å²) in [5.41, 5.74) is 5.72. The first-order valence-electron chi connectivity index (χ1n) is 12.7. The molecule has 2 fully saturated rings. The van der Waals surface area contributed by atoms with Gasteiger partial charge in [-0.2, -0.15) is 5.10 Å². The van der Waals surface area contributed by atoms with Crippen molar-refractivity contribution in [2.75, 3.05) is 19.6 Å². The Morgan fingerprint density at radius 3 is 2.51 bits per heavy atom. The zero-order chi connectivity index (χ0) is 23.8. The Balaban J connectivity index is 1.19. The van der Waals surface area contributed by atoms with Crippen LogP contribution in [0.3, 0.4) is 0 Å². The van der Waals surface area contributed by atoms with E-state index in [1.807, 2.05) is 47.4 Å². The smallest absolute Gasteiger partial charge is 0.162 e. The minimum atomic E-state index is -0.511. The van der Waals surface area contributed by atoms with Crippen LogP contribution in [-0.2, 0) is 0 Å². The second-order valence-electron chi connectivity index (χ2n) is 10.1. The number of aliphatic hydroxyl groups excluding tert-OH is 1. The van der Waals surface area contributed by atoms with Gasteiger partial charge in [0.2, 0.25) is 0 Å². The van der Waals surface area contributed by atoms with Crippen LogP contribution in [0.4, 0.5) is 0 Å². The largest absolute Gasteiger partial charge is 0.486 e. The molecule has 2 aromatic carbocycles. The first-order valence-corrected chi connectivity index (χ1v) is 12.7. The van der Waals surface area contributed by atoms with Crippen LogP contribution < -0.4 is 4.74 Å². The summed E-state index contributed by atoms with van der Waals surface area (Å²) in [5, 5.41) is 14.5. The van der Waals surface area contributed by atoms with Crippen molar-refractivity contribution in [3.05, 3.63) is 72.7 Å². The van der Waals surface area contributed by atoms with Crippen molar-refractivity contribution in [2.24, 2.45) is 0 Å². The predicted molar refractivity (Wildman–Crippen MR) is 137 cm³/mol. The maximum atomic E-state index is 9.93. The number of fused-ring (bicyclic) bond motifs is 1. The maximum absolute atomic E-state index is 9.93. The van der Waals surface area contributed by atoms with Crippen LogP contribution in [-0.4, -0.2) is 49.8 Å². The fourth-order valence-electron chi connectivity index (χ4n) is 5.12. The fraction of sp³-hybridized carbons (Fsp3) is 0.379. The summed E-state index contributed by atoms with van der Waals surface area (Å²) in [6, 6.07) is 16.3. The second kappa shape index (κ2) is 9.10. The molecule has 1 aliphatic carbocycles. The number of aliphatic hydroxyl groups is 1. The number of piperidine rings is 1. The van der Waals surface area contributed by atoms with Crippen molar-refractivity contribution in [3.63, 3.8) is 0 Å². The van der Waals surface area contributed by atoms with Crippen molar-refractivity contribution >= 4 is 5.65 Å². The van der Waals surface area contributed by atoms with Crippen LogP contribution in [0.25, 0.3) is 27.9 Å². The molecule has 6 heteroatoms. The highest BCUT2D eigenvalue weighted by Crippen LogP contribution is 2.41. The molecule has 0 amide bonds. The first kappa shape index (κ1) is 22.3. The maximum Gasteiger partial charge on any atom is 0.162 e. The molecule has 1 saturated heterocycles. The van der Waals surface area contributed by atoms with Crippen molar-refractivity contribution in [3.8, 4) is 28.0 Å². The van der Waals surface area contributed by atoms with Gasteiger partial charge in [0.05, 0.1) is 12.3 Å². The summed E-state index contributed by atoms with van der Waals surface area (Å²) >= 11 is 0. The van der Waals surface area contributed by atoms with E-state index in [0.717, 1.165) is 58.6 Å². The van der Waals surface area contributed by atoms with E-state index in [0.29, 0.717) is 0 Å². The number of likely N-dealkylation sites (tertiary alicyclic amines) is 1. The van der Waals surface area contributed by atoms with Gasteiger partial charge < -0.3 is 9.84 Å². The molecule has 1 atom stereocenters. The zero-order valence-corrected chi connectivity index (χ0v) is 20.2. The summed E-state index contributed by atoms with van der Waals surface area (Å²) in [7, 11) is 0. The van der Waals surface area contributed by atoms with Gasteiger partial charge >= 0.3 is 0 Å². The monoisotopic (exact) mass is 468 g/mol. The van der Waals surface area contributed by atoms with Gasteiger partial charge in [-0.15, -0.1) is 0 Å². The van der Waals surface area contributed by atoms with Crippen LogP contribution in [0.1, 0.15) is 50.7 Å². The summed E-state index contributed by atoms with van der Waals surface area (Å²) in [4.78, 5) is 7.30. The number of nitrogens with zero attached hydrogens (tertiary/aromatic N) is 4. The van der Waals surface area contributed by atoms with E-state index >= 15 is 0 Å². The predicted octanol–water partition coefficient (Wildman–Crippen LogP) is 5.51. The Labute approximate surface area is 206 Å². The Morgan fingerprint density at radius 1 is 0.971 bits per heavy atom. The fourth-order valence-corrected chi connectivity index (χ4v) is 5.12. The van der Waals surface area contributed by atoms with Crippen molar-refractivity contribution in [1.29, 1.82) is 0 Å². The number of aromatic nitrogens is 3. The zero-order valence-electron chi connectivity index (χ0n) is 20.2. The van der Waals surface area contributed by atoms with Gasteiger partial charge in [0.1, 0.15) is 11.4 Å². The van der Waals surface area contributed by atoms with E-state index in [4.69, 9.17) is 9.72 Å². The van der Waals surface area contributed by atoms with E-state index in [2.05, 4.69) is 34.3 Å². The topological polar surface area (TPSA) is 62.9 Å². The Hall–Kier alpha value is -3.22. The van der Waals surface area contributed by atoms with Gasteiger partial charge in [-0.3, -0.25) is 4.90 Å². The minimum Gasteiger partial charge on any atom is -0.486 e. The van der Waals surface area contributed by atoms with Gasteiger partial charge in [0.25, 0.3) is 0 Å². The Bertz CT molecular complexity index is 1320. The summed E-state index contributed by atoms with van der Waals surface area (Å²) in [6.45, 7) is 5.24. The molecule has 1 N–H and O–H groups in total. The normalized spacial score (nSPS) is 18.5. The molecule has 4 aromatic rings. The van der Waals surface area contributed by atoms with Gasteiger partial charge in [0, 0.05) is 30.1 Å². The molecule has 2 aromatic heterocycles. The highest BCUT2D eigenvalue weighted by Gasteiger charge is 2.46. The number of hydrogen-bond donors (Lipinski definition) is 1. The van der Waals surface area contributed by atoms with Gasteiger partial charge in [0.15, 0.2) is 5.65 Å². The van der Waals surface area contributed by atoms with Crippen LogP contribution >= 0.6 is 0 Å². The Morgan fingerprint density at radius 2 is 1.77 bits per heavy atom. The SMILES string of the molecule is C[C@@H](O)c1cccc(-c2cnn3cc(-c4ccc(OC5(CN6CCCCC6)CC5)cc4)cnc23)c1. The van der Waals surface area contributed by atoms with E-state index < -0.39 is 6.10 Å². The molecule has 6 nitrogen and oxygen atoms in total. The standard InChI is InChI=1S/C29H32N4O2/c1-21(34)23-6-5-7-24(16-23)27-18-31-33-19-25(17-30-28(27)33)22-8-10-26(11-9-22)35-29(12-13-29)20-32-14-3-2-4-15-32/h5-11,16-19,21,34H,2-4,12-15,20H2,1H3/t21-/m1/s1. The van der Waals surface area contributed by atoms with Gasteiger partial charge in [-0.1, -0.05) is 36.8 Å². The third-order valence-electron chi connectivity index (χ3n) is 7.33. The molecule has 6 rings (SSSR count). The average Bonchev–Trinajstić information content (AvgIpc) is 3.50. The number of rotatable bonds is 7. The molecular formula is C29H32N4O2. The van der Waals surface area contributed by atoms with Crippen molar-refractivity contribution < 1.29 is 9.84 Å². The van der Waals surface area contributed by atoms with Gasteiger partial charge in [-0.05, 0) is 80.6 Å². The molecule has 0 radical (unpaired) electrons. The lowest BCUT2D eigenvalue weighted by Crippen LogP contribution is -2.40. The summed E-state index contributed by atoms with van der Waals surface area (Å²) < 4.78 is 8.28. The number of hydrogen-bond acceptors (Lipinski definition) is 5. The molecule has 2 aliphatic rings. The second-order valence-corrected chi connectivity index (χ2v) is 10.1.